The summed E-state index contributed by atoms with van der Waals surface area (Å²) in [6, 6.07) is 19.1. The van der Waals surface area contributed by atoms with Crippen molar-refractivity contribution in [3.63, 3.8) is 0 Å². The standard InChI is InChI=1S/C29H38Si/c1-21-17-22(2)19-28(18-21)30(26-13-9-7-10-14-26,27-15-11-8-12-16-27)29(6)20-23(3)24(4)25(29)5/h7,9-10,13-14,17-20,27H,8,11-12,15-16H2,1-6H3. The van der Waals surface area contributed by atoms with Crippen LogP contribution in [0.5, 0.6) is 0 Å². The Balaban J connectivity index is 2.12. The van der Waals surface area contributed by atoms with Crippen LogP contribution in [0.3, 0.4) is 0 Å². The van der Waals surface area contributed by atoms with Crippen molar-refractivity contribution in [3.8, 4) is 0 Å². The minimum Gasteiger partial charge on any atom is -0.0733 e. The second-order valence-electron chi connectivity index (χ2n) is 10.2. The molecular formula is C29H38Si. The molecule has 0 bridgehead atoms. The van der Waals surface area contributed by atoms with E-state index in [4.69, 9.17) is 0 Å². The van der Waals surface area contributed by atoms with Gasteiger partial charge in [-0.2, -0.15) is 0 Å². The molecule has 0 N–H and O–H groups in total. The van der Waals surface area contributed by atoms with Gasteiger partial charge in [0.1, 0.15) is 8.07 Å². The van der Waals surface area contributed by atoms with Gasteiger partial charge in [0, 0.05) is 5.04 Å². The molecule has 2 unspecified atom stereocenters. The van der Waals surface area contributed by atoms with Gasteiger partial charge in [-0.1, -0.05) is 126 Å². The predicted octanol–water partition coefficient (Wildman–Crippen LogP) is 7.26. The minimum atomic E-state index is -2.18. The maximum Gasteiger partial charge on any atom is 0.134 e. The van der Waals surface area contributed by atoms with Crippen molar-refractivity contribution in [1.82, 2.24) is 0 Å². The molecule has 1 heteroatoms. The van der Waals surface area contributed by atoms with Crippen LogP contribution in [0, 0.1) is 13.8 Å². The molecule has 158 valence electrons. The predicted molar refractivity (Wildman–Crippen MR) is 135 cm³/mol. The van der Waals surface area contributed by atoms with Gasteiger partial charge in [-0.25, -0.2) is 0 Å². The summed E-state index contributed by atoms with van der Waals surface area (Å²) in [5.41, 5.74) is 8.22. The fraction of sp³-hybridized carbons (Fsp3) is 0.448. The van der Waals surface area contributed by atoms with E-state index in [-0.39, 0.29) is 5.04 Å². The highest BCUT2D eigenvalue weighted by Crippen LogP contribution is 2.58. The number of aryl methyl sites for hydroxylation is 2. The first-order valence-corrected chi connectivity index (χ1v) is 13.9. The van der Waals surface area contributed by atoms with Crippen molar-refractivity contribution < 1.29 is 0 Å². The maximum atomic E-state index is 2.67. The Bertz CT molecular complexity index is 970. The van der Waals surface area contributed by atoms with Gasteiger partial charge in [0.05, 0.1) is 0 Å². The fourth-order valence-electron chi connectivity index (χ4n) is 6.85. The van der Waals surface area contributed by atoms with Crippen molar-refractivity contribution in [3.05, 3.63) is 82.5 Å². The average Bonchev–Trinajstić information content (AvgIpc) is 2.93. The van der Waals surface area contributed by atoms with Gasteiger partial charge in [-0.05, 0) is 45.7 Å². The molecule has 0 aliphatic heterocycles. The van der Waals surface area contributed by atoms with Crippen molar-refractivity contribution in [2.24, 2.45) is 0 Å². The number of allylic oxidation sites excluding steroid dienone is 4. The first kappa shape index (κ1) is 21.4. The summed E-state index contributed by atoms with van der Waals surface area (Å²) >= 11 is 0. The molecule has 2 aromatic rings. The normalized spacial score (nSPS) is 24.7. The third-order valence-electron chi connectivity index (χ3n) is 8.38. The van der Waals surface area contributed by atoms with E-state index in [0.29, 0.717) is 0 Å². The van der Waals surface area contributed by atoms with Gasteiger partial charge in [0.15, 0.2) is 0 Å². The van der Waals surface area contributed by atoms with Gasteiger partial charge < -0.3 is 0 Å². The molecule has 30 heavy (non-hydrogen) atoms. The van der Waals surface area contributed by atoms with E-state index in [9.17, 15) is 0 Å². The lowest BCUT2D eigenvalue weighted by molar-refractivity contribution is 0.488. The van der Waals surface area contributed by atoms with Crippen molar-refractivity contribution >= 4 is 18.4 Å². The molecular weight excluding hydrogens is 376 g/mol. The quantitative estimate of drug-likeness (QED) is 0.462. The summed E-state index contributed by atoms with van der Waals surface area (Å²) in [5, 5.41) is 3.39. The van der Waals surface area contributed by atoms with Gasteiger partial charge in [-0.3, -0.25) is 0 Å². The third-order valence-corrected chi connectivity index (χ3v) is 14.8. The molecule has 2 aromatic carbocycles. The van der Waals surface area contributed by atoms with Crippen molar-refractivity contribution in [2.45, 2.75) is 84.2 Å². The Kier molecular flexibility index (Phi) is 5.70. The van der Waals surface area contributed by atoms with Crippen LogP contribution in [0.2, 0.25) is 10.6 Å². The van der Waals surface area contributed by atoms with Gasteiger partial charge in [-0.15, -0.1) is 0 Å². The Morgan fingerprint density at radius 2 is 1.37 bits per heavy atom. The average molecular weight is 415 g/mol. The lowest BCUT2D eigenvalue weighted by atomic mass is 10.00. The van der Waals surface area contributed by atoms with Gasteiger partial charge in [0.25, 0.3) is 0 Å². The molecule has 0 amide bonds. The van der Waals surface area contributed by atoms with Gasteiger partial charge >= 0.3 is 0 Å². The van der Waals surface area contributed by atoms with E-state index in [1.54, 1.807) is 15.9 Å². The smallest absolute Gasteiger partial charge is 0.0733 e. The highest BCUT2D eigenvalue weighted by Gasteiger charge is 2.58. The summed E-state index contributed by atoms with van der Waals surface area (Å²) in [5.74, 6) is 0. The number of benzene rings is 2. The number of rotatable bonds is 4. The third kappa shape index (κ3) is 3.17. The lowest BCUT2D eigenvalue weighted by Gasteiger charge is -2.52. The molecule has 0 saturated heterocycles. The van der Waals surface area contributed by atoms with Crippen LogP contribution in [0.25, 0.3) is 0 Å². The van der Waals surface area contributed by atoms with Crippen LogP contribution in [0.15, 0.2) is 71.3 Å². The zero-order valence-electron chi connectivity index (χ0n) is 19.8. The number of hydrogen-bond donors (Lipinski definition) is 0. The Labute approximate surface area is 185 Å². The highest BCUT2D eigenvalue weighted by molar-refractivity contribution is 7.06. The van der Waals surface area contributed by atoms with Crippen LogP contribution < -0.4 is 10.4 Å². The van der Waals surface area contributed by atoms with Crippen LogP contribution >= 0.6 is 0 Å². The minimum absolute atomic E-state index is 0.116. The van der Waals surface area contributed by atoms with Crippen LogP contribution in [0.4, 0.5) is 0 Å². The van der Waals surface area contributed by atoms with E-state index < -0.39 is 8.07 Å². The Hall–Kier alpha value is -1.86. The van der Waals surface area contributed by atoms with E-state index >= 15 is 0 Å². The van der Waals surface area contributed by atoms with E-state index in [0.717, 1.165) is 5.54 Å². The maximum absolute atomic E-state index is 2.67. The fourth-order valence-corrected chi connectivity index (χ4v) is 14.3. The summed E-state index contributed by atoms with van der Waals surface area (Å²) in [7, 11) is -2.18. The SMILES string of the molecule is CC1=CC(C)([Si](c2ccccc2)(c2cc(C)cc(C)c2)C2CCCCC2)C(C)=C1C. The Morgan fingerprint density at radius 1 is 0.767 bits per heavy atom. The van der Waals surface area contributed by atoms with E-state index in [2.05, 4.69) is 96.1 Å². The molecule has 1 fully saturated rings. The van der Waals surface area contributed by atoms with E-state index in [1.807, 2.05) is 0 Å². The lowest BCUT2D eigenvalue weighted by Crippen LogP contribution is -2.68. The molecule has 0 nitrogen and oxygen atoms in total. The second kappa shape index (κ2) is 8.00. The van der Waals surface area contributed by atoms with Crippen LogP contribution in [0.1, 0.15) is 70.9 Å². The second-order valence-corrected chi connectivity index (χ2v) is 14.8. The molecule has 0 aromatic heterocycles. The monoisotopic (exact) mass is 414 g/mol. The van der Waals surface area contributed by atoms with Crippen LogP contribution in [-0.2, 0) is 0 Å². The summed E-state index contributed by atoms with van der Waals surface area (Å²) in [4.78, 5) is 0. The van der Waals surface area contributed by atoms with Crippen molar-refractivity contribution in [2.75, 3.05) is 0 Å². The zero-order valence-corrected chi connectivity index (χ0v) is 20.8. The summed E-state index contributed by atoms with van der Waals surface area (Å²) < 4.78 is 0. The first-order valence-electron chi connectivity index (χ1n) is 11.8. The molecule has 0 radical (unpaired) electrons. The van der Waals surface area contributed by atoms with Crippen molar-refractivity contribution in [1.29, 1.82) is 0 Å². The topological polar surface area (TPSA) is 0 Å². The molecule has 4 rings (SSSR count). The number of hydrogen-bond acceptors (Lipinski definition) is 0. The zero-order chi connectivity index (χ0) is 21.5. The molecule has 0 heterocycles. The first-order chi connectivity index (χ1) is 14.3. The molecule has 2 atom stereocenters. The molecule has 1 saturated carbocycles. The molecule has 2 aliphatic carbocycles. The van der Waals surface area contributed by atoms with Crippen LogP contribution in [-0.4, -0.2) is 8.07 Å². The molecule has 2 aliphatic rings. The van der Waals surface area contributed by atoms with E-state index in [1.165, 1.54) is 54.4 Å². The Morgan fingerprint density at radius 3 is 1.90 bits per heavy atom. The summed E-state index contributed by atoms with van der Waals surface area (Å²) in [6.07, 6.45) is 9.60. The van der Waals surface area contributed by atoms with Gasteiger partial charge in [0.2, 0.25) is 0 Å². The summed E-state index contributed by atoms with van der Waals surface area (Å²) in [6.45, 7) is 14.3. The largest absolute Gasteiger partial charge is 0.134 e. The molecule has 0 spiro atoms. The highest BCUT2D eigenvalue weighted by atomic mass is 28.3.